The maximum Gasteiger partial charge on any atom is 0.0587 e. The number of nitrogens with zero attached hydrogens (tertiary/aromatic N) is 2. The highest BCUT2D eigenvalue weighted by atomic mass is 35.5. The average Bonchev–Trinajstić information content (AvgIpc) is 2.96. The van der Waals surface area contributed by atoms with Crippen molar-refractivity contribution in [2.45, 2.75) is 67.0 Å². The number of allylic oxidation sites excluding steroid dienone is 5. The molecule has 0 aromatic rings. The number of hydrazine groups is 1. The standard InChI is InChI=1S/C24H41ClN4.CH4.3H2O/c1-17(2)23(26-14-21-13-18(3)28(6)27-21)15-29-12-11-22(24(4,5)16-29)19-7-9-20(25)10-8-19;;;;/h7,9-10,13,17,19,21-23,26-27H,8,11-12,14-16H2,1-6H3;1H4;3*1H2/t19?,21?,22?,23-;;;;/m0..../s1. The zero-order valence-corrected chi connectivity index (χ0v) is 21.5. The van der Waals surface area contributed by atoms with Gasteiger partial charge in [-0.2, -0.15) is 0 Å². The zero-order chi connectivity index (χ0) is 21.2. The van der Waals surface area contributed by atoms with E-state index in [2.05, 4.69) is 86.6 Å². The summed E-state index contributed by atoms with van der Waals surface area (Å²) in [5.41, 5.74) is 5.13. The smallest absolute Gasteiger partial charge is 0.0587 e. The summed E-state index contributed by atoms with van der Waals surface area (Å²) in [6, 6.07) is 0.904. The average molecular weight is 491 g/mol. The van der Waals surface area contributed by atoms with E-state index >= 15 is 0 Å². The molecule has 3 unspecified atom stereocenters. The lowest BCUT2D eigenvalue weighted by molar-refractivity contribution is 0.0251. The predicted octanol–water partition coefficient (Wildman–Crippen LogP) is 2.53. The van der Waals surface area contributed by atoms with E-state index in [4.69, 9.17) is 11.6 Å². The fourth-order valence-electron chi connectivity index (χ4n) is 5.31. The van der Waals surface area contributed by atoms with Crippen LogP contribution in [-0.4, -0.2) is 71.6 Å². The Kier molecular flexibility index (Phi) is 15.0. The summed E-state index contributed by atoms with van der Waals surface area (Å²) < 4.78 is 0. The molecule has 4 atom stereocenters. The molecule has 0 amide bonds. The Morgan fingerprint density at radius 2 is 1.91 bits per heavy atom. The predicted molar refractivity (Wildman–Crippen MR) is 142 cm³/mol. The molecule has 33 heavy (non-hydrogen) atoms. The lowest BCUT2D eigenvalue weighted by Gasteiger charge is -2.48. The van der Waals surface area contributed by atoms with Crippen molar-refractivity contribution in [3.05, 3.63) is 35.0 Å². The van der Waals surface area contributed by atoms with Gasteiger partial charge in [-0.3, -0.25) is 0 Å². The lowest BCUT2D eigenvalue weighted by Crippen LogP contribution is -2.54. The van der Waals surface area contributed by atoms with Gasteiger partial charge in [-0.1, -0.05) is 58.9 Å². The minimum absolute atomic E-state index is 0. The highest BCUT2D eigenvalue weighted by Gasteiger charge is 2.40. The van der Waals surface area contributed by atoms with E-state index in [9.17, 15) is 0 Å². The summed E-state index contributed by atoms with van der Waals surface area (Å²) in [7, 11) is 2.09. The zero-order valence-electron chi connectivity index (χ0n) is 20.7. The number of hydrogen-bond donors (Lipinski definition) is 2. The molecule has 0 aromatic carbocycles. The van der Waals surface area contributed by atoms with Crippen molar-refractivity contribution in [2.75, 3.05) is 33.2 Å². The van der Waals surface area contributed by atoms with Crippen molar-refractivity contribution in [1.29, 1.82) is 0 Å². The molecule has 0 saturated carbocycles. The SMILES string of the molecule is C.CC1=CC(CN[C@@H](CN2CCC(C3C=CC(Cl)=CC3)C(C)(C)C2)C(C)C)NN1C.O.O.O. The molecule has 2 heterocycles. The molecule has 1 fully saturated rings. The van der Waals surface area contributed by atoms with Crippen LogP contribution in [0.2, 0.25) is 0 Å². The number of halogens is 1. The summed E-state index contributed by atoms with van der Waals surface area (Å²) in [4.78, 5) is 2.69. The molecule has 1 aliphatic carbocycles. The van der Waals surface area contributed by atoms with Crippen LogP contribution in [0.5, 0.6) is 0 Å². The molecule has 0 aromatic heterocycles. The number of rotatable bonds is 7. The first-order chi connectivity index (χ1) is 13.7. The van der Waals surface area contributed by atoms with Crippen LogP contribution in [0.3, 0.4) is 0 Å². The van der Waals surface area contributed by atoms with Crippen LogP contribution in [-0.2, 0) is 0 Å². The second-order valence-electron chi connectivity index (χ2n) is 10.3. The fraction of sp³-hybridized carbons (Fsp3) is 0.760. The lowest BCUT2D eigenvalue weighted by atomic mass is 9.66. The highest BCUT2D eigenvalue weighted by Crippen LogP contribution is 2.43. The highest BCUT2D eigenvalue weighted by molar-refractivity contribution is 6.31. The fourth-order valence-corrected chi connectivity index (χ4v) is 5.47. The van der Waals surface area contributed by atoms with Crippen molar-refractivity contribution in [2.24, 2.45) is 23.2 Å². The van der Waals surface area contributed by atoms with Crippen molar-refractivity contribution in [3.8, 4) is 0 Å². The van der Waals surface area contributed by atoms with Crippen molar-refractivity contribution in [1.82, 2.24) is 20.7 Å². The molecule has 1 saturated heterocycles. The largest absolute Gasteiger partial charge is 0.412 e. The van der Waals surface area contributed by atoms with E-state index in [-0.39, 0.29) is 23.9 Å². The van der Waals surface area contributed by atoms with Crippen LogP contribution in [0.15, 0.2) is 35.0 Å². The topological polar surface area (TPSA) is 125 Å². The van der Waals surface area contributed by atoms with Crippen molar-refractivity contribution >= 4 is 11.6 Å². The van der Waals surface area contributed by atoms with Crippen LogP contribution in [0, 0.1) is 23.2 Å². The molecular formula is C25H51ClN4O3. The minimum Gasteiger partial charge on any atom is -0.412 e. The molecule has 196 valence electrons. The van der Waals surface area contributed by atoms with Crippen LogP contribution in [0.4, 0.5) is 0 Å². The molecule has 8 heteroatoms. The first kappa shape index (κ1) is 34.2. The van der Waals surface area contributed by atoms with Crippen LogP contribution < -0.4 is 10.7 Å². The molecule has 8 N–H and O–H groups in total. The van der Waals surface area contributed by atoms with E-state index in [1.54, 1.807) is 0 Å². The monoisotopic (exact) mass is 490 g/mol. The Labute approximate surface area is 207 Å². The molecule has 2 aliphatic heterocycles. The summed E-state index contributed by atoms with van der Waals surface area (Å²) in [6.45, 7) is 16.2. The Bertz CT molecular complexity index is 666. The summed E-state index contributed by atoms with van der Waals surface area (Å²) in [5, 5.41) is 6.86. The minimum atomic E-state index is 0. The third-order valence-electron chi connectivity index (χ3n) is 7.19. The van der Waals surface area contributed by atoms with Crippen LogP contribution in [0.1, 0.15) is 54.9 Å². The number of nitrogens with one attached hydrogen (secondary N) is 2. The normalized spacial score (nSPS) is 27.4. The molecular weight excluding hydrogens is 440 g/mol. The van der Waals surface area contributed by atoms with Crippen LogP contribution >= 0.6 is 11.6 Å². The van der Waals surface area contributed by atoms with Gasteiger partial charge in [0, 0.05) is 43.5 Å². The first-order valence-corrected chi connectivity index (χ1v) is 11.7. The summed E-state index contributed by atoms with van der Waals surface area (Å²) >= 11 is 6.14. The first-order valence-electron chi connectivity index (χ1n) is 11.3. The summed E-state index contributed by atoms with van der Waals surface area (Å²) in [6.07, 6.45) is 11.3. The van der Waals surface area contributed by atoms with Gasteiger partial charge in [0.2, 0.25) is 0 Å². The second kappa shape index (κ2) is 14.5. The second-order valence-corrected chi connectivity index (χ2v) is 10.8. The van der Waals surface area contributed by atoms with E-state index in [0.717, 1.165) is 30.5 Å². The third-order valence-corrected chi connectivity index (χ3v) is 7.47. The van der Waals surface area contributed by atoms with Gasteiger partial charge in [-0.05, 0) is 61.6 Å². The van der Waals surface area contributed by atoms with Gasteiger partial charge in [0.05, 0.1) is 6.04 Å². The maximum atomic E-state index is 6.14. The molecule has 3 rings (SSSR count). The third kappa shape index (κ3) is 8.98. The molecule has 0 spiro atoms. The van der Waals surface area contributed by atoms with Gasteiger partial charge < -0.3 is 31.7 Å². The molecule has 0 radical (unpaired) electrons. The van der Waals surface area contributed by atoms with Gasteiger partial charge in [-0.15, -0.1) is 0 Å². The number of hydrogen-bond acceptors (Lipinski definition) is 4. The summed E-state index contributed by atoms with van der Waals surface area (Å²) in [5.74, 6) is 1.98. The Morgan fingerprint density at radius 3 is 2.39 bits per heavy atom. The van der Waals surface area contributed by atoms with Crippen molar-refractivity contribution in [3.63, 3.8) is 0 Å². The molecule has 3 aliphatic rings. The van der Waals surface area contributed by atoms with E-state index < -0.39 is 0 Å². The number of likely N-dealkylation sites (tertiary alicyclic amines) is 1. The van der Waals surface area contributed by atoms with Gasteiger partial charge in [0.15, 0.2) is 0 Å². The Hall–Kier alpha value is -0.930. The van der Waals surface area contributed by atoms with E-state index in [1.807, 2.05) is 0 Å². The molecule has 0 bridgehead atoms. The number of piperidine rings is 1. The Morgan fingerprint density at radius 1 is 1.24 bits per heavy atom. The van der Waals surface area contributed by atoms with Gasteiger partial charge in [-0.25, -0.2) is 5.43 Å². The quantitative estimate of drug-likeness (QED) is 0.568. The van der Waals surface area contributed by atoms with E-state index in [0.29, 0.717) is 29.3 Å². The van der Waals surface area contributed by atoms with Gasteiger partial charge in [0.25, 0.3) is 0 Å². The van der Waals surface area contributed by atoms with Crippen LogP contribution in [0.25, 0.3) is 0 Å². The Balaban J connectivity index is 0. The van der Waals surface area contributed by atoms with Gasteiger partial charge >= 0.3 is 0 Å². The van der Waals surface area contributed by atoms with Crippen molar-refractivity contribution < 1.29 is 16.4 Å². The molecule has 7 nitrogen and oxygen atoms in total. The van der Waals surface area contributed by atoms with Gasteiger partial charge in [0.1, 0.15) is 0 Å². The maximum absolute atomic E-state index is 6.14. The van der Waals surface area contributed by atoms with E-state index in [1.165, 1.54) is 25.2 Å².